The van der Waals surface area contributed by atoms with E-state index in [0.29, 0.717) is 24.7 Å². The highest BCUT2D eigenvalue weighted by atomic mass is 32.2. The fourth-order valence-corrected chi connectivity index (χ4v) is 6.74. The molecule has 1 saturated heterocycles. The van der Waals surface area contributed by atoms with Crippen molar-refractivity contribution in [2.24, 2.45) is 0 Å². The molecule has 2 aromatic heterocycles. The predicted molar refractivity (Wildman–Crippen MR) is 109 cm³/mol. The van der Waals surface area contributed by atoms with E-state index in [4.69, 9.17) is 0 Å². The molecule has 0 aromatic carbocycles. The fraction of sp³-hybridized carbons (Fsp3) is 0.588. The molecule has 0 saturated carbocycles. The number of rotatable bonds is 7. The van der Waals surface area contributed by atoms with Crippen LogP contribution in [0.4, 0.5) is 0 Å². The zero-order valence-electron chi connectivity index (χ0n) is 15.7. The largest absolute Gasteiger partial charge is 0.338 e. The van der Waals surface area contributed by atoms with Gasteiger partial charge in [-0.1, -0.05) is 17.8 Å². The Balaban J connectivity index is 1.74. The average molecular weight is 429 g/mol. The standard InChI is InChI=1S/C17H24N4O3S3/c1-4-20(13-8-10-27(23,24)11-13)16(22)12(3)26-17-19-18-15(21(17)5-2)14-7-6-9-25-14/h6-7,9,12-13H,4-5,8,10-11H2,1-3H3. The molecule has 2 unspecified atom stereocenters. The Morgan fingerprint density at radius 2 is 2.22 bits per heavy atom. The van der Waals surface area contributed by atoms with Crippen LogP contribution in [0.2, 0.25) is 0 Å². The molecule has 3 heterocycles. The van der Waals surface area contributed by atoms with Gasteiger partial charge in [0, 0.05) is 19.1 Å². The minimum absolute atomic E-state index is 0.0482. The van der Waals surface area contributed by atoms with Crippen LogP contribution in [-0.2, 0) is 21.2 Å². The second-order valence-electron chi connectivity index (χ2n) is 6.47. The van der Waals surface area contributed by atoms with Gasteiger partial charge in [0.25, 0.3) is 0 Å². The molecule has 0 N–H and O–H groups in total. The average Bonchev–Trinajstić information content (AvgIpc) is 3.35. The SMILES string of the molecule is CCN(C(=O)C(C)Sc1nnc(-c2cccs2)n1CC)C1CCS(=O)(=O)C1. The van der Waals surface area contributed by atoms with Gasteiger partial charge in [-0.3, -0.25) is 4.79 Å². The van der Waals surface area contributed by atoms with Gasteiger partial charge in [0.2, 0.25) is 5.91 Å². The Kier molecular flexibility index (Phi) is 6.27. The summed E-state index contributed by atoms with van der Waals surface area (Å²) in [4.78, 5) is 15.7. The van der Waals surface area contributed by atoms with Gasteiger partial charge in [-0.25, -0.2) is 8.42 Å². The number of thioether (sulfide) groups is 1. The highest BCUT2D eigenvalue weighted by Gasteiger charge is 2.35. The Morgan fingerprint density at radius 3 is 2.78 bits per heavy atom. The number of carbonyl (C=O) groups is 1. The molecule has 10 heteroatoms. The molecule has 3 rings (SSSR count). The Hall–Kier alpha value is -1.39. The van der Waals surface area contributed by atoms with Gasteiger partial charge in [-0.15, -0.1) is 21.5 Å². The van der Waals surface area contributed by atoms with Crippen LogP contribution < -0.4 is 0 Å². The quantitative estimate of drug-likeness (QED) is 0.630. The summed E-state index contributed by atoms with van der Waals surface area (Å²) in [6.45, 7) is 6.98. The summed E-state index contributed by atoms with van der Waals surface area (Å²) in [5.41, 5.74) is 0. The Labute approximate surface area is 168 Å². The molecule has 2 atom stereocenters. The molecule has 0 radical (unpaired) electrons. The number of nitrogens with zero attached hydrogens (tertiary/aromatic N) is 4. The predicted octanol–water partition coefficient (Wildman–Crippen LogP) is 2.54. The Morgan fingerprint density at radius 1 is 1.44 bits per heavy atom. The molecule has 1 amide bonds. The first-order valence-corrected chi connectivity index (χ1v) is 12.6. The Bertz CT molecular complexity index is 893. The number of thiophene rings is 1. The maximum Gasteiger partial charge on any atom is 0.236 e. The van der Waals surface area contributed by atoms with Crippen LogP contribution >= 0.6 is 23.1 Å². The van der Waals surface area contributed by atoms with Crippen LogP contribution in [0, 0.1) is 0 Å². The zero-order valence-corrected chi connectivity index (χ0v) is 18.1. The van der Waals surface area contributed by atoms with E-state index in [2.05, 4.69) is 10.2 Å². The molecular weight excluding hydrogens is 404 g/mol. The van der Waals surface area contributed by atoms with Crippen molar-refractivity contribution in [2.75, 3.05) is 18.1 Å². The molecule has 1 aliphatic rings. The monoisotopic (exact) mass is 428 g/mol. The van der Waals surface area contributed by atoms with Crippen molar-refractivity contribution in [3.05, 3.63) is 17.5 Å². The first-order chi connectivity index (χ1) is 12.9. The van der Waals surface area contributed by atoms with E-state index in [1.165, 1.54) is 11.8 Å². The molecular formula is C17H24N4O3S3. The van der Waals surface area contributed by atoms with Crippen LogP contribution in [0.1, 0.15) is 27.2 Å². The summed E-state index contributed by atoms with van der Waals surface area (Å²) in [5.74, 6) is 0.992. The van der Waals surface area contributed by atoms with Crippen LogP contribution in [0.15, 0.2) is 22.7 Å². The lowest BCUT2D eigenvalue weighted by Crippen LogP contribution is -2.44. The second-order valence-corrected chi connectivity index (χ2v) is 11.0. The summed E-state index contributed by atoms with van der Waals surface area (Å²) in [6.07, 6.45) is 0.521. The number of sulfone groups is 1. The molecule has 0 spiro atoms. The molecule has 148 valence electrons. The fourth-order valence-electron chi connectivity index (χ4n) is 3.31. The van der Waals surface area contributed by atoms with Crippen molar-refractivity contribution < 1.29 is 13.2 Å². The van der Waals surface area contributed by atoms with Gasteiger partial charge in [0.1, 0.15) is 0 Å². The van der Waals surface area contributed by atoms with Crippen LogP contribution in [0.25, 0.3) is 10.7 Å². The number of aromatic nitrogens is 3. The van der Waals surface area contributed by atoms with Crippen LogP contribution in [0.3, 0.4) is 0 Å². The lowest BCUT2D eigenvalue weighted by Gasteiger charge is -2.29. The summed E-state index contributed by atoms with van der Waals surface area (Å²) >= 11 is 2.98. The van der Waals surface area contributed by atoms with Gasteiger partial charge >= 0.3 is 0 Å². The van der Waals surface area contributed by atoms with Crippen molar-refractivity contribution in [3.63, 3.8) is 0 Å². The molecule has 0 aliphatic carbocycles. The lowest BCUT2D eigenvalue weighted by atomic mass is 10.2. The maximum atomic E-state index is 13.0. The topological polar surface area (TPSA) is 85.2 Å². The molecule has 0 bridgehead atoms. The maximum absolute atomic E-state index is 13.0. The highest BCUT2D eigenvalue weighted by Crippen LogP contribution is 2.30. The van der Waals surface area contributed by atoms with E-state index in [0.717, 1.165) is 10.7 Å². The third kappa shape index (κ3) is 4.38. The minimum Gasteiger partial charge on any atom is -0.338 e. The van der Waals surface area contributed by atoms with E-state index in [9.17, 15) is 13.2 Å². The number of hydrogen-bond acceptors (Lipinski definition) is 7. The van der Waals surface area contributed by atoms with E-state index < -0.39 is 9.84 Å². The number of hydrogen-bond donors (Lipinski definition) is 0. The number of carbonyl (C=O) groups excluding carboxylic acids is 1. The molecule has 2 aromatic rings. The smallest absolute Gasteiger partial charge is 0.236 e. The number of amides is 1. The third-order valence-corrected chi connectivity index (χ3v) is 8.36. The molecule has 27 heavy (non-hydrogen) atoms. The molecule has 7 nitrogen and oxygen atoms in total. The van der Waals surface area contributed by atoms with Gasteiger partial charge in [-0.2, -0.15) is 0 Å². The van der Waals surface area contributed by atoms with Gasteiger partial charge in [0.15, 0.2) is 20.8 Å². The van der Waals surface area contributed by atoms with Crippen molar-refractivity contribution in [1.82, 2.24) is 19.7 Å². The normalized spacial score (nSPS) is 19.9. The summed E-state index contributed by atoms with van der Waals surface area (Å²) in [6, 6.07) is 3.76. The van der Waals surface area contributed by atoms with Gasteiger partial charge in [-0.05, 0) is 38.6 Å². The van der Waals surface area contributed by atoms with Crippen molar-refractivity contribution in [3.8, 4) is 10.7 Å². The summed E-state index contributed by atoms with van der Waals surface area (Å²) < 4.78 is 25.6. The van der Waals surface area contributed by atoms with E-state index in [-0.39, 0.29) is 28.7 Å². The second kappa shape index (κ2) is 8.32. The van der Waals surface area contributed by atoms with Crippen LogP contribution in [0.5, 0.6) is 0 Å². The zero-order chi connectivity index (χ0) is 19.6. The van der Waals surface area contributed by atoms with Gasteiger partial charge < -0.3 is 9.47 Å². The van der Waals surface area contributed by atoms with E-state index in [1.807, 2.05) is 42.9 Å². The summed E-state index contributed by atoms with van der Waals surface area (Å²) in [7, 11) is -3.03. The van der Waals surface area contributed by atoms with Crippen molar-refractivity contribution in [1.29, 1.82) is 0 Å². The first-order valence-electron chi connectivity index (χ1n) is 9.01. The van der Waals surface area contributed by atoms with E-state index >= 15 is 0 Å². The molecule has 1 fully saturated rings. The molecule has 1 aliphatic heterocycles. The van der Waals surface area contributed by atoms with Crippen molar-refractivity contribution >= 4 is 38.8 Å². The first kappa shape index (κ1) is 20.3. The summed E-state index contributed by atoms with van der Waals surface area (Å²) in [5, 5.41) is 10.9. The van der Waals surface area contributed by atoms with Crippen molar-refractivity contribution in [2.45, 2.75) is 50.2 Å². The minimum atomic E-state index is -3.03. The van der Waals surface area contributed by atoms with Crippen LogP contribution in [-0.4, -0.2) is 63.3 Å². The lowest BCUT2D eigenvalue weighted by molar-refractivity contribution is -0.131. The highest BCUT2D eigenvalue weighted by molar-refractivity contribution is 8.00. The van der Waals surface area contributed by atoms with E-state index in [1.54, 1.807) is 16.2 Å². The third-order valence-electron chi connectivity index (χ3n) is 4.68. The van der Waals surface area contributed by atoms with Gasteiger partial charge in [0.05, 0.1) is 21.6 Å².